The monoisotopic (exact) mass is 313 g/mol. The Hall–Kier alpha value is -1.35. The molecule has 1 heterocycles. The summed E-state index contributed by atoms with van der Waals surface area (Å²) in [5, 5.41) is 9.62. The molecule has 1 unspecified atom stereocenters. The van der Waals surface area contributed by atoms with E-state index >= 15 is 0 Å². The van der Waals surface area contributed by atoms with Crippen molar-refractivity contribution in [3.05, 3.63) is 35.4 Å². The van der Waals surface area contributed by atoms with E-state index in [4.69, 9.17) is 0 Å². The minimum Gasteiger partial charge on any atom is -0.481 e. The third-order valence-electron chi connectivity index (χ3n) is 6.65. The van der Waals surface area contributed by atoms with Crippen LogP contribution in [0.5, 0.6) is 0 Å². The van der Waals surface area contributed by atoms with E-state index in [0.717, 1.165) is 44.0 Å². The first-order valence-electron chi connectivity index (χ1n) is 9.26. The highest BCUT2D eigenvalue weighted by Crippen LogP contribution is 2.52. The van der Waals surface area contributed by atoms with Gasteiger partial charge >= 0.3 is 5.97 Å². The minimum atomic E-state index is -0.649. The molecule has 0 aromatic heterocycles. The van der Waals surface area contributed by atoms with Crippen LogP contribution in [0.25, 0.3) is 0 Å². The Labute approximate surface area is 138 Å². The highest BCUT2D eigenvalue weighted by Gasteiger charge is 2.47. The summed E-state index contributed by atoms with van der Waals surface area (Å²) in [6, 6.07) is 9.08. The third kappa shape index (κ3) is 2.59. The van der Waals surface area contributed by atoms with Crippen LogP contribution >= 0.6 is 0 Å². The van der Waals surface area contributed by atoms with Crippen molar-refractivity contribution in [2.24, 2.45) is 0 Å². The van der Waals surface area contributed by atoms with Crippen LogP contribution < -0.4 is 0 Å². The van der Waals surface area contributed by atoms with Crippen molar-refractivity contribution < 1.29 is 9.90 Å². The second-order valence-electron chi connectivity index (χ2n) is 7.79. The Balaban J connectivity index is 1.53. The summed E-state index contributed by atoms with van der Waals surface area (Å²) in [7, 11) is 0. The topological polar surface area (TPSA) is 40.5 Å². The first kappa shape index (κ1) is 15.2. The van der Waals surface area contributed by atoms with Crippen LogP contribution in [0.4, 0.5) is 0 Å². The van der Waals surface area contributed by atoms with Gasteiger partial charge in [-0.05, 0) is 61.7 Å². The summed E-state index contributed by atoms with van der Waals surface area (Å²) in [5.74, 6) is -0.948. The molecule has 3 heteroatoms. The van der Waals surface area contributed by atoms with Crippen LogP contribution in [0.15, 0.2) is 24.3 Å². The van der Waals surface area contributed by atoms with E-state index in [1.54, 1.807) is 0 Å². The lowest BCUT2D eigenvalue weighted by molar-refractivity contribution is -0.139. The van der Waals surface area contributed by atoms with Gasteiger partial charge in [0.15, 0.2) is 0 Å². The fourth-order valence-corrected chi connectivity index (χ4v) is 5.35. The average molecular weight is 313 g/mol. The number of benzene rings is 1. The zero-order valence-corrected chi connectivity index (χ0v) is 13.8. The van der Waals surface area contributed by atoms with Gasteiger partial charge in [0.25, 0.3) is 0 Å². The summed E-state index contributed by atoms with van der Waals surface area (Å²) in [5.41, 5.74) is 2.52. The Morgan fingerprint density at radius 3 is 2.48 bits per heavy atom. The van der Waals surface area contributed by atoms with Gasteiger partial charge < -0.3 is 10.0 Å². The van der Waals surface area contributed by atoms with Crippen LogP contribution in [0, 0.1) is 0 Å². The second-order valence-corrected chi connectivity index (χ2v) is 7.79. The number of aliphatic carboxylic acids is 1. The predicted molar refractivity (Wildman–Crippen MR) is 90.8 cm³/mol. The van der Waals surface area contributed by atoms with Gasteiger partial charge in [-0.15, -0.1) is 0 Å². The Morgan fingerprint density at radius 2 is 1.78 bits per heavy atom. The van der Waals surface area contributed by atoms with Gasteiger partial charge in [-0.2, -0.15) is 0 Å². The maximum atomic E-state index is 11.7. The number of likely N-dealkylation sites (tertiary alicyclic amines) is 1. The number of carboxylic acids is 1. The van der Waals surface area contributed by atoms with E-state index in [0.29, 0.717) is 0 Å². The van der Waals surface area contributed by atoms with E-state index in [9.17, 15) is 9.90 Å². The maximum absolute atomic E-state index is 11.7. The number of hydrogen-bond acceptors (Lipinski definition) is 2. The molecule has 1 aromatic rings. The molecule has 4 rings (SSSR count). The number of piperidine rings is 1. The molecule has 1 saturated heterocycles. The number of hydrogen-bond donors (Lipinski definition) is 1. The van der Waals surface area contributed by atoms with Gasteiger partial charge in [0, 0.05) is 6.04 Å². The molecule has 0 amide bonds. The van der Waals surface area contributed by atoms with Crippen molar-refractivity contribution in [1.29, 1.82) is 0 Å². The van der Waals surface area contributed by atoms with Crippen LogP contribution in [0.1, 0.15) is 68.4 Å². The zero-order chi connectivity index (χ0) is 15.9. The summed E-state index contributed by atoms with van der Waals surface area (Å²) in [4.78, 5) is 14.4. The van der Waals surface area contributed by atoms with Gasteiger partial charge in [0.1, 0.15) is 0 Å². The molecule has 1 aliphatic heterocycles. The Kier molecular flexibility index (Phi) is 3.92. The SMILES string of the molecule is O=C(O)C1CC2(CCN(C3CCCCC3)CC2)c2ccccc21. The van der Waals surface area contributed by atoms with Gasteiger partial charge in [0.2, 0.25) is 0 Å². The predicted octanol–water partition coefficient (Wildman–Crippen LogP) is 3.92. The molecule has 1 atom stereocenters. The van der Waals surface area contributed by atoms with Gasteiger partial charge in [-0.25, -0.2) is 0 Å². The average Bonchev–Trinajstić information content (AvgIpc) is 2.92. The quantitative estimate of drug-likeness (QED) is 0.899. The lowest BCUT2D eigenvalue weighted by atomic mass is 9.73. The molecule has 1 N–H and O–H groups in total. The molecular weight excluding hydrogens is 286 g/mol. The fourth-order valence-electron chi connectivity index (χ4n) is 5.35. The third-order valence-corrected chi connectivity index (χ3v) is 6.65. The molecule has 2 aliphatic carbocycles. The second kappa shape index (κ2) is 5.94. The Morgan fingerprint density at radius 1 is 1.09 bits per heavy atom. The summed E-state index contributed by atoms with van der Waals surface area (Å²) >= 11 is 0. The summed E-state index contributed by atoms with van der Waals surface area (Å²) in [6.45, 7) is 2.29. The van der Waals surface area contributed by atoms with E-state index in [2.05, 4.69) is 17.0 Å². The minimum absolute atomic E-state index is 0.116. The van der Waals surface area contributed by atoms with Gasteiger partial charge in [0.05, 0.1) is 5.92 Å². The number of carboxylic acid groups (broad SMARTS) is 1. The van der Waals surface area contributed by atoms with Crippen LogP contribution in [-0.2, 0) is 10.2 Å². The van der Waals surface area contributed by atoms with Gasteiger partial charge in [-0.3, -0.25) is 4.79 Å². The molecule has 3 nitrogen and oxygen atoms in total. The van der Waals surface area contributed by atoms with Crippen molar-refractivity contribution in [3.63, 3.8) is 0 Å². The molecule has 23 heavy (non-hydrogen) atoms. The first-order valence-corrected chi connectivity index (χ1v) is 9.26. The van der Waals surface area contributed by atoms with Crippen molar-refractivity contribution in [2.75, 3.05) is 13.1 Å². The summed E-state index contributed by atoms with van der Waals surface area (Å²) in [6.07, 6.45) is 9.96. The Bertz CT molecular complexity index is 583. The molecule has 0 bridgehead atoms. The van der Waals surface area contributed by atoms with E-state index in [1.807, 2.05) is 12.1 Å². The number of carbonyl (C=O) groups is 1. The van der Waals surface area contributed by atoms with E-state index in [-0.39, 0.29) is 11.3 Å². The highest BCUT2D eigenvalue weighted by molar-refractivity contribution is 5.78. The fraction of sp³-hybridized carbons (Fsp3) is 0.650. The van der Waals surface area contributed by atoms with Crippen LogP contribution in [0.2, 0.25) is 0 Å². The van der Waals surface area contributed by atoms with Gasteiger partial charge in [-0.1, -0.05) is 43.5 Å². The van der Waals surface area contributed by atoms with E-state index in [1.165, 1.54) is 37.7 Å². The maximum Gasteiger partial charge on any atom is 0.311 e. The summed E-state index contributed by atoms with van der Waals surface area (Å²) < 4.78 is 0. The molecule has 1 aromatic carbocycles. The number of nitrogens with zero attached hydrogens (tertiary/aromatic N) is 1. The smallest absolute Gasteiger partial charge is 0.311 e. The number of rotatable bonds is 2. The zero-order valence-electron chi connectivity index (χ0n) is 13.8. The lowest BCUT2D eigenvalue weighted by Gasteiger charge is -2.44. The number of fused-ring (bicyclic) bond motifs is 2. The highest BCUT2D eigenvalue weighted by atomic mass is 16.4. The van der Waals surface area contributed by atoms with Crippen molar-refractivity contribution in [1.82, 2.24) is 4.90 Å². The normalized spacial score (nSPS) is 27.9. The largest absolute Gasteiger partial charge is 0.481 e. The molecule has 124 valence electrons. The van der Waals surface area contributed by atoms with Crippen molar-refractivity contribution >= 4 is 5.97 Å². The molecule has 2 fully saturated rings. The molecule has 1 spiro atoms. The van der Waals surface area contributed by atoms with E-state index < -0.39 is 5.97 Å². The van der Waals surface area contributed by atoms with Crippen LogP contribution in [-0.4, -0.2) is 35.1 Å². The molecular formula is C20H27NO2. The lowest BCUT2D eigenvalue weighted by Crippen LogP contribution is -2.47. The van der Waals surface area contributed by atoms with Crippen molar-refractivity contribution in [2.45, 2.75) is 68.7 Å². The molecule has 3 aliphatic rings. The first-order chi connectivity index (χ1) is 11.2. The molecule has 0 radical (unpaired) electrons. The molecule has 1 saturated carbocycles. The van der Waals surface area contributed by atoms with Crippen LogP contribution in [0.3, 0.4) is 0 Å². The standard InChI is InChI=1S/C20H27NO2/c22-19(23)17-14-20(18-9-5-4-8-16(17)18)10-12-21(13-11-20)15-6-2-1-3-7-15/h4-5,8-9,15,17H,1-3,6-7,10-14H2,(H,22,23). The van der Waals surface area contributed by atoms with Crippen molar-refractivity contribution in [3.8, 4) is 0 Å².